The van der Waals surface area contributed by atoms with E-state index in [4.69, 9.17) is 0 Å². The molecule has 1 aromatic rings. The number of carbonyl (C=O) groups is 2. The van der Waals surface area contributed by atoms with E-state index < -0.39 is 6.04 Å². The molecule has 0 saturated heterocycles. The zero-order chi connectivity index (χ0) is 15.6. The number of carbonyl (C=O) groups excluding carboxylic acids is 2. The number of likely N-dealkylation sites (N-methyl/N-ethyl adjacent to an activating group) is 1. The van der Waals surface area contributed by atoms with Crippen molar-refractivity contribution < 1.29 is 9.59 Å². The number of amides is 2. The van der Waals surface area contributed by atoms with E-state index in [1.807, 2.05) is 6.07 Å². The number of hydrogen-bond donors (Lipinski definition) is 0. The average molecular weight is 292 g/mol. The summed E-state index contributed by atoms with van der Waals surface area (Å²) in [6.45, 7) is 5.16. The summed E-state index contributed by atoms with van der Waals surface area (Å²) >= 11 is 0. The monoisotopic (exact) mass is 292 g/mol. The van der Waals surface area contributed by atoms with Crippen molar-refractivity contribution in [1.29, 1.82) is 0 Å². The molecule has 2 heterocycles. The molecule has 0 spiro atoms. The van der Waals surface area contributed by atoms with Crippen LogP contribution in [0.2, 0.25) is 0 Å². The standard InChI is InChI=1S/C15H24N4O2/c1-11(2)5-6-14(20)18-9-12-7-8-16-19(12)13(10-18)15(21)17(3)4/h7-8,11,13H,5-6,9-10H2,1-4H3/t13-/m1/s1. The zero-order valence-corrected chi connectivity index (χ0v) is 13.2. The second-order valence-electron chi connectivity index (χ2n) is 6.22. The van der Waals surface area contributed by atoms with Gasteiger partial charge in [0.05, 0.1) is 18.8 Å². The predicted molar refractivity (Wildman–Crippen MR) is 79.4 cm³/mol. The van der Waals surface area contributed by atoms with Gasteiger partial charge in [-0.1, -0.05) is 13.8 Å². The van der Waals surface area contributed by atoms with Crippen molar-refractivity contribution in [2.75, 3.05) is 20.6 Å². The summed E-state index contributed by atoms with van der Waals surface area (Å²) in [6, 6.07) is 1.46. The third kappa shape index (κ3) is 3.43. The van der Waals surface area contributed by atoms with Crippen LogP contribution in [0, 0.1) is 5.92 Å². The van der Waals surface area contributed by atoms with Crippen molar-refractivity contribution in [2.45, 2.75) is 39.3 Å². The van der Waals surface area contributed by atoms with Gasteiger partial charge in [0.25, 0.3) is 0 Å². The van der Waals surface area contributed by atoms with Gasteiger partial charge in [-0.2, -0.15) is 5.10 Å². The number of hydrogen-bond acceptors (Lipinski definition) is 3. The molecule has 1 aromatic heterocycles. The van der Waals surface area contributed by atoms with Crippen LogP contribution in [-0.2, 0) is 16.1 Å². The number of aromatic nitrogens is 2. The topological polar surface area (TPSA) is 58.4 Å². The van der Waals surface area contributed by atoms with Crippen LogP contribution in [0.1, 0.15) is 38.4 Å². The summed E-state index contributed by atoms with van der Waals surface area (Å²) in [5, 5.41) is 4.24. The van der Waals surface area contributed by atoms with E-state index in [9.17, 15) is 9.59 Å². The van der Waals surface area contributed by atoms with E-state index in [1.165, 1.54) is 0 Å². The molecular weight excluding hydrogens is 268 g/mol. The minimum absolute atomic E-state index is 0.0266. The van der Waals surface area contributed by atoms with Gasteiger partial charge in [-0.25, -0.2) is 0 Å². The maximum Gasteiger partial charge on any atom is 0.248 e. The third-order valence-corrected chi connectivity index (χ3v) is 3.81. The fourth-order valence-corrected chi connectivity index (χ4v) is 2.53. The van der Waals surface area contributed by atoms with E-state index in [0.717, 1.165) is 12.1 Å². The molecule has 0 N–H and O–H groups in total. The Morgan fingerprint density at radius 1 is 1.43 bits per heavy atom. The molecule has 1 aliphatic heterocycles. The average Bonchev–Trinajstić information content (AvgIpc) is 2.90. The van der Waals surface area contributed by atoms with Gasteiger partial charge in [0.15, 0.2) is 0 Å². The molecule has 0 unspecified atom stereocenters. The summed E-state index contributed by atoms with van der Waals surface area (Å²) in [5.74, 6) is 0.595. The minimum atomic E-state index is -0.415. The molecule has 0 fully saturated rings. The fourth-order valence-electron chi connectivity index (χ4n) is 2.53. The van der Waals surface area contributed by atoms with Crippen LogP contribution in [-0.4, -0.2) is 52.0 Å². The van der Waals surface area contributed by atoms with Gasteiger partial charge in [0.1, 0.15) is 6.04 Å². The molecule has 1 aliphatic rings. The van der Waals surface area contributed by atoms with Crippen molar-refractivity contribution in [2.24, 2.45) is 5.92 Å². The van der Waals surface area contributed by atoms with Crippen LogP contribution in [0.5, 0.6) is 0 Å². The van der Waals surface area contributed by atoms with Crippen LogP contribution < -0.4 is 0 Å². The van der Waals surface area contributed by atoms with Crippen molar-refractivity contribution in [3.05, 3.63) is 18.0 Å². The van der Waals surface area contributed by atoms with E-state index in [2.05, 4.69) is 18.9 Å². The highest BCUT2D eigenvalue weighted by Gasteiger charge is 2.33. The maximum absolute atomic E-state index is 12.3. The summed E-state index contributed by atoms with van der Waals surface area (Å²) in [6.07, 6.45) is 3.10. The second kappa shape index (κ2) is 6.28. The van der Waals surface area contributed by atoms with Crippen molar-refractivity contribution >= 4 is 11.8 Å². The minimum Gasteiger partial charge on any atom is -0.347 e. The molecule has 0 aliphatic carbocycles. The molecular formula is C15H24N4O2. The van der Waals surface area contributed by atoms with Crippen molar-refractivity contribution in [3.8, 4) is 0 Å². The lowest BCUT2D eigenvalue weighted by atomic mass is 10.1. The van der Waals surface area contributed by atoms with Crippen LogP contribution in [0.15, 0.2) is 12.3 Å². The number of rotatable bonds is 4. The molecule has 0 radical (unpaired) electrons. The van der Waals surface area contributed by atoms with E-state index in [1.54, 1.807) is 34.8 Å². The Balaban J connectivity index is 2.14. The molecule has 0 bridgehead atoms. The first-order chi connectivity index (χ1) is 9.90. The van der Waals surface area contributed by atoms with Gasteiger partial charge in [0.2, 0.25) is 11.8 Å². The Morgan fingerprint density at radius 2 is 2.14 bits per heavy atom. The maximum atomic E-state index is 12.3. The second-order valence-corrected chi connectivity index (χ2v) is 6.22. The number of nitrogens with zero attached hydrogens (tertiary/aromatic N) is 4. The molecule has 2 amide bonds. The van der Waals surface area contributed by atoms with Crippen molar-refractivity contribution in [3.63, 3.8) is 0 Å². The summed E-state index contributed by atoms with van der Waals surface area (Å²) < 4.78 is 1.74. The highest BCUT2D eigenvalue weighted by Crippen LogP contribution is 2.22. The van der Waals surface area contributed by atoms with Gasteiger partial charge in [-0.15, -0.1) is 0 Å². The first kappa shape index (κ1) is 15.5. The molecule has 2 rings (SSSR count). The van der Waals surface area contributed by atoms with E-state index in [-0.39, 0.29) is 11.8 Å². The molecule has 6 heteroatoms. The molecule has 21 heavy (non-hydrogen) atoms. The normalized spacial score (nSPS) is 17.8. The Hall–Kier alpha value is -1.85. The first-order valence-corrected chi connectivity index (χ1v) is 7.41. The Labute approximate surface area is 125 Å². The van der Waals surface area contributed by atoms with E-state index in [0.29, 0.717) is 25.4 Å². The highest BCUT2D eigenvalue weighted by atomic mass is 16.2. The van der Waals surface area contributed by atoms with Gasteiger partial charge >= 0.3 is 0 Å². The lowest BCUT2D eigenvalue weighted by molar-refractivity contribution is -0.138. The highest BCUT2D eigenvalue weighted by molar-refractivity contribution is 5.82. The zero-order valence-electron chi connectivity index (χ0n) is 13.2. The third-order valence-electron chi connectivity index (χ3n) is 3.81. The smallest absolute Gasteiger partial charge is 0.248 e. The lowest BCUT2D eigenvalue weighted by Crippen LogP contribution is -2.46. The van der Waals surface area contributed by atoms with Crippen molar-refractivity contribution in [1.82, 2.24) is 19.6 Å². The molecule has 0 aromatic carbocycles. The molecule has 1 atom stereocenters. The van der Waals surface area contributed by atoms with Crippen LogP contribution in [0.25, 0.3) is 0 Å². The van der Waals surface area contributed by atoms with E-state index >= 15 is 0 Å². The predicted octanol–water partition coefficient (Wildman–Crippen LogP) is 1.29. The summed E-state index contributed by atoms with van der Waals surface area (Å²) in [7, 11) is 3.45. The van der Waals surface area contributed by atoms with Crippen LogP contribution in [0.4, 0.5) is 0 Å². The Kier molecular flexibility index (Phi) is 4.65. The first-order valence-electron chi connectivity index (χ1n) is 7.41. The fraction of sp³-hybridized carbons (Fsp3) is 0.667. The van der Waals surface area contributed by atoms with Crippen LogP contribution in [0.3, 0.4) is 0 Å². The van der Waals surface area contributed by atoms with Gasteiger partial charge in [0, 0.05) is 26.7 Å². The lowest BCUT2D eigenvalue weighted by Gasteiger charge is -2.34. The Morgan fingerprint density at radius 3 is 2.76 bits per heavy atom. The summed E-state index contributed by atoms with van der Waals surface area (Å²) in [4.78, 5) is 28.0. The Bertz CT molecular complexity index is 521. The van der Waals surface area contributed by atoms with Gasteiger partial charge in [-0.05, 0) is 18.4 Å². The summed E-state index contributed by atoms with van der Waals surface area (Å²) in [5.41, 5.74) is 0.916. The number of fused-ring (bicyclic) bond motifs is 1. The largest absolute Gasteiger partial charge is 0.347 e. The van der Waals surface area contributed by atoms with Crippen LogP contribution >= 0.6 is 0 Å². The molecule has 116 valence electrons. The van der Waals surface area contributed by atoms with Gasteiger partial charge < -0.3 is 9.80 Å². The molecule has 6 nitrogen and oxygen atoms in total. The van der Waals surface area contributed by atoms with Gasteiger partial charge in [-0.3, -0.25) is 14.3 Å². The SMILES string of the molecule is CC(C)CCC(=O)N1Cc2ccnn2[C@@H](C(=O)N(C)C)C1. The quantitative estimate of drug-likeness (QED) is 0.840. The molecule has 0 saturated carbocycles.